The number of fused-ring (bicyclic) bond motifs is 3. The topological polar surface area (TPSA) is 33.6 Å². The van der Waals surface area contributed by atoms with Crippen LogP contribution in [0.2, 0.25) is 0 Å². The van der Waals surface area contributed by atoms with E-state index in [0.29, 0.717) is 0 Å². The fraction of sp³-hybridized carbons (Fsp3) is 0.200. The first kappa shape index (κ1) is 12.1. The summed E-state index contributed by atoms with van der Waals surface area (Å²) in [5, 5.41) is 1.13. The average Bonchev–Trinajstić information content (AvgIpc) is 2.72. The lowest BCUT2D eigenvalue weighted by Gasteiger charge is -2.04. The van der Waals surface area contributed by atoms with E-state index in [1.807, 2.05) is 24.4 Å². The zero-order valence-electron chi connectivity index (χ0n) is 11.0. The van der Waals surface area contributed by atoms with Crippen LogP contribution in [0.1, 0.15) is 13.8 Å². The molecule has 0 saturated carbocycles. The van der Waals surface area contributed by atoms with Crippen molar-refractivity contribution in [3.63, 3.8) is 0 Å². The second-order valence-electron chi connectivity index (χ2n) is 4.86. The van der Waals surface area contributed by atoms with Crippen molar-refractivity contribution in [2.75, 3.05) is 0 Å². The van der Waals surface area contributed by atoms with E-state index in [-0.39, 0.29) is 0 Å². The van der Waals surface area contributed by atoms with E-state index in [4.69, 9.17) is 12.2 Å². The van der Waals surface area contributed by atoms with E-state index < -0.39 is 0 Å². The number of hydrogen-bond donors (Lipinski definition) is 1. The largest absolute Gasteiger partial charge is 0.329 e. The summed E-state index contributed by atoms with van der Waals surface area (Å²) in [6.45, 7) is 4.98. The molecule has 2 heterocycles. The predicted molar refractivity (Wildman–Crippen MR) is 81.9 cm³/mol. The average molecular weight is 269 g/mol. The molecule has 3 aromatic rings. The molecule has 0 spiro atoms. The number of imidazole rings is 1. The summed E-state index contributed by atoms with van der Waals surface area (Å²) in [6, 6.07) is 8.15. The number of para-hydroxylation sites is 1. The Hall–Kier alpha value is -1.94. The van der Waals surface area contributed by atoms with Crippen molar-refractivity contribution in [3.8, 4) is 0 Å². The third-order valence-corrected chi connectivity index (χ3v) is 3.51. The molecule has 4 heteroatoms. The zero-order valence-corrected chi connectivity index (χ0v) is 11.8. The van der Waals surface area contributed by atoms with Gasteiger partial charge in [0.15, 0.2) is 4.77 Å². The minimum Gasteiger partial charge on any atom is -0.329 e. The van der Waals surface area contributed by atoms with E-state index in [9.17, 15) is 0 Å². The van der Waals surface area contributed by atoms with Crippen LogP contribution in [0.4, 0.5) is 0 Å². The Balaban J connectivity index is 2.37. The lowest BCUT2D eigenvalue weighted by molar-refractivity contribution is 0.830. The Morgan fingerprint density at radius 1 is 1.37 bits per heavy atom. The Bertz CT molecular complexity index is 835. The summed E-state index contributed by atoms with van der Waals surface area (Å²) in [5.41, 5.74) is 4.41. The third kappa shape index (κ3) is 2.08. The number of nitrogens with zero attached hydrogens (tertiary/aromatic N) is 2. The minimum atomic E-state index is 0.741. The molecule has 0 atom stereocenters. The number of allylic oxidation sites excluding steroid dienone is 2. The van der Waals surface area contributed by atoms with Crippen LogP contribution >= 0.6 is 12.2 Å². The van der Waals surface area contributed by atoms with E-state index in [0.717, 1.165) is 33.3 Å². The molecule has 0 aliphatic carbocycles. The first-order valence-corrected chi connectivity index (χ1v) is 6.67. The van der Waals surface area contributed by atoms with Gasteiger partial charge in [-0.1, -0.05) is 29.8 Å². The highest BCUT2D eigenvalue weighted by Crippen LogP contribution is 2.23. The van der Waals surface area contributed by atoms with Crippen molar-refractivity contribution in [2.24, 2.45) is 0 Å². The number of aromatic amines is 1. The smallest absolute Gasteiger partial charge is 0.178 e. The highest BCUT2D eigenvalue weighted by atomic mass is 32.1. The molecule has 0 aliphatic heterocycles. The molecule has 1 N–H and O–H groups in total. The first-order chi connectivity index (χ1) is 9.16. The lowest BCUT2D eigenvalue weighted by Crippen LogP contribution is -1.96. The number of pyridine rings is 1. The van der Waals surface area contributed by atoms with Gasteiger partial charge < -0.3 is 9.55 Å². The van der Waals surface area contributed by atoms with Crippen molar-refractivity contribution >= 4 is 34.2 Å². The number of H-pyrrole nitrogens is 1. The summed E-state index contributed by atoms with van der Waals surface area (Å²) < 4.78 is 2.87. The van der Waals surface area contributed by atoms with Gasteiger partial charge in [-0.25, -0.2) is 0 Å². The lowest BCUT2D eigenvalue weighted by atomic mass is 10.2. The third-order valence-electron chi connectivity index (χ3n) is 3.19. The SMILES string of the molecule is CC(C)=CCn1c(=S)[nH]c2cnc3ccccc3c21. The van der Waals surface area contributed by atoms with Crippen LogP contribution in [0.5, 0.6) is 0 Å². The van der Waals surface area contributed by atoms with Crippen LogP contribution in [-0.4, -0.2) is 14.5 Å². The molecule has 0 unspecified atom stereocenters. The Morgan fingerprint density at radius 2 is 2.16 bits per heavy atom. The second kappa shape index (κ2) is 4.63. The number of hydrogen-bond acceptors (Lipinski definition) is 2. The van der Waals surface area contributed by atoms with Gasteiger partial charge in [-0.05, 0) is 32.1 Å². The zero-order chi connectivity index (χ0) is 13.4. The van der Waals surface area contributed by atoms with Gasteiger partial charge in [-0.15, -0.1) is 0 Å². The maximum atomic E-state index is 5.42. The molecule has 19 heavy (non-hydrogen) atoms. The van der Waals surface area contributed by atoms with Gasteiger partial charge in [0.05, 0.1) is 22.7 Å². The van der Waals surface area contributed by atoms with Crippen molar-refractivity contribution in [1.29, 1.82) is 0 Å². The molecule has 0 fully saturated rings. The van der Waals surface area contributed by atoms with Gasteiger partial charge >= 0.3 is 0 Å². The van der Waals surface area contributed by atoms with Crippen LogP contribution in [0.15, 0.2) is 42.1 Å². The van der Waals surface area contributed by atoms with E-state index in [1.54, 1.807) is 0 Å². The number of aromatic nitrogens is 3. The molecule has 0 bridgehead atoms. The van der Waals surface area contributed by atoms with Gasteiger partial charge in [0.1, 0.15) is 0 Å². The van der Waals surface area contributed by atoms with Gasteiger partial charge in [0, 0.05) is 11.9 Å². The van der Waals surface area contributed by atoms with E-state index >= 15 is 0 Å². The van der Waals surface area contributed by atoms with Crippen molar-refractivity contribution < 1.29 is 0 Å². The van der Waals surface area contributed by atoms with Crippen LogP contribution < -0.4 is 0 Å². The van der Waals surface area contributed by atoms with Gasteiger partial charge in [0.2, 0.25) is 0 Å². The maximum absolute atomic E-state index is 5.42. The van der Waals surface area contributed by atoms with Crippen LogP contribution in [0, 0.1) is 4.77 Å². The fourth-order valence-electron chi connectivity index (χ4n) is 2.24. The van der Waals surface area contributed by atoms with Crippen molar-refractivity contribution in [2.45, 2.75) is 20.4 Å². The number of benzene rings is 1. The maximum Gasteiger partial charge on any atom is 0.178 e. The molecule has 0 amide bonds. The second-order valence-corrected chi connectivity index (χ2v) is 5.25. The molecule has 3 rings (SSSR count). The molecule has 1 aromatic carbocycles. The number of nitrogens with one attached hydrogen (secondary N) is 1. The summed E-state index contributed by atoms with van der Waals surface area (Å²) in [6.07, 6.45) is 4.03. The van der Waals surface area contributed by atoms with Crippen LogP contribution in [-0.2, 0) is 6.54 Å². The van der Waals surface area contributed by atoms with Crippen molar-refractivity contribution in [3.05, 3.63) is 46.9 Å². The van der Waals surface area contributed by atoms with Crippen molar-refractivity contribution in [1.82, 2.24) is 14.5 Å². The highest BCUT2D eigenvalue weighted by Gasteiger charge is 2.08. The van der Waals surface area contributed by atoms with Crippen LogP contribution in [0.25, 0.3) is 21.9 Å². The molecule has 0 aliphatic rings. The summed E-state index contributed by atoms with van der Waals surface area (Å²) in [5.74, 6) is 0. The Kier molecular flexibility index (Phi) is 2.95. The highest BCUT2D eigenvalue weighted by molar-refractivity contribution is 7.71. The van der Waals surface area contributed by atoms with E-state index in [2.05, 4.69) is 40.5 Å². The van der Waals surface area contributed by atoms with E-state index in [1.165, 1.54) is 5.57 Å². The van der Waals surface area contributed by atoms with Gasteiger partial charge in [-0.3, -0.25) is 4.98 Å². The fourth-order valence-corrected chi connectivity index (χ4v) is 2.52. The quantitative estimate of drug-likeness (QED) is 0.558. The van der Waals surface area contributed by atoms with Gasteiger partial charge in [-0.2, -0.15) is 0 Å². The molecular formula is C15H15N3S. The monoisotopic (exact) mass is 269 g/mol. The summed E-state index contributed by atoms with van der Waals surface area (Å²) >= 11 is 5.42. The summed E-state index contributed by atoms with van der Waals surface area (Å²) in [7, 11) is 0. The first-order valence-electron chi connectivity index (χ1n) is 6.26. The molecule has 0 radical (unpaired) electrons. The van der Waals surface area contributed by atoms with Crippen LogP contribution in [0.3, 0.4) is 0 Å². The van der Waals surface area contributed by atoms with Gasteiger partial charge in [0.25, 0.3) is 0 Å². The minimum absolute atomic E-state index is 0.741. The molecule has 0 saturated heterocycles. The number of rotatable bonds is 2. The Morgan fingerprint density at radius 3 is 2.95 bits per heavy atom. The standard InChI is InChI=1S/C15H15N3S/c1-10(2)7-8-18-14-11-5-3-4-6-12(11)16-9-13(14)17-15(18)19/h3-7,9H,8H2,1-2H3,(H,17,19). The molecule has 3 nitrogen and oxygen atoms in total. The molecule has 96 valence electrons. The molecule has 2 aromatic heterocycles. The predicted octanol–water partition coefficient (Wildman–Crippen LogP) is 4.21. The normalized spacial score (nSPS) is 11.1. The summed E-state index contributed by atoms with van der Waals surface area (Å²) in [4.78, 5) is 7.68. The Labute approximate surface area is 116 Å². The molecular weight excluding hydrogens is 254 g/mol.